The number of aromatic nitrogens is 1. The Labute approximate surface area is 95.6 Å². The first kappa shape index (κ1) is 12.9. The molecule has 0 N–H and O–H groups in total. The molecule has 0 aromatic carbocycles. The molecule has 0 fully saturated rings. The predicted molar refractivity (Wildman–Crippen MR) is 48.2 cm³/mol. The van der Waals surface area contributed by atoms with Gasteiger partial charge in [0.25, 0.3) is 0 Å². The van der Waals surface area contributed by atoms with Crippen LogP contribution in [-0.4, -0.2) is 18.1 Å². The highest BCUT2D eigenvalue weighted by Gasteiger charge is 2.35. The van der Waals surface area contributed by atoms with E-state index in [2.05, 4.69) is 25.7 Å². The van der Waals surface area contributed by atoms with Crippen molar-refractivity contribution in [3.05, 3.63) is 27.7 Å². The van der Waals surface area contributed by atoms with Crippen molar-refractivity contribution in [2.24, 2.45) is 0 Å². The van der Waals surface area contributed by atoms with E-state index in [9.17, 15) is 22.4 Å². The average Bonchev–Trinajstić information content (AvgIpc) is 2.19. The molecule has 1 aromatic heterocycles. The molecule has 0 aliphatic heterocycles. The lowest BCUT2D eigenvalue weighted by molar-refractivity contribution is -0.141. The maximum absolute atomic E-state index is 13.2. The van der Waals surface area contributed by atoms with Gasteiger partial charge in [0.1, 0.15) is 15.9 Å². The number of carbonyl (C=O) groups excluding carboxylic acids is 1. The summed E-state index contributed by atoms with van der Waals surface area (Å²) < 4.78 is 53.5. The van der Waals surface area contributed by atoms with E-state index in [-0.39, 0.29) is 0 Å². The molecule has 0 radical (unpaired) electrons. The molecule has 0 aliphatic rings. The van der Waals surface area contributed by atoms with E-state index < -0.39 is 33.8 Å². The van der Waals surface area contributed by atoms with Crippen molar-refractivity contribution < 1.29 is 27.1 Å². The fourth-order valence-corrected chi connectivity index (χ4v) is 1.31. The molecular formula is C8H4BrF4NO2. The Balaban J connectivity index is 3.39. The Kier molecular flexibility index (Phi) is 3.51. The van der Waals surface area contributed by atoms with E-state index in [1.54, 1.807) is 0 Å². The van der Waals surface area contributed by atoms with Gasteiger partial charge < -0.3 is 4.74 Å². The Bertz CT molecular complexity index is 433. The Morgan fingerprint density at radius 2 is 2.06 bits per heavy atom. The second-order valence-electron chi connectivity index (χ2n) is 2.65. The highest BCUT2D eigenvalue weighted by molar-refractivity contribution is 9.10. The fraction of sp³-hybridized carbons (Fsp3) is 0.250. The number of halogens is 5. The molecule has 1 rings (SSSR count). The van der Waals surface area contributed by atoms with Gasteiger partial charge in [0.05, 0.1) is 7.11 Å². The summed E-state index contributed by atoms with van der Waals surface area (Å²) in [5.74, 6) is -2.40. The average molecular weight is 302 g/mol. The van der Waals surface area contributed by atoms with Crippen LogP contribution in [0.25, 0.3) is 0 Å². The second kappa shape index (κ2) is 4.36. The van der Waals surface area contributed by atoms with Crippen LogP contribution in [0.5, 0.6) is 0 Å². The third-order valence-corrected chi connectivity index (χ3v) is 2.14. The Morgan fingerprint density at radius 1 is 1.50 bits per heavy atom. The quantitative estimate of drug-likeness (QED) is 0.455. The van der Waals surface area contributed by atoms with E-state index in [0.29, 0.717) is 6.07 Å². The lowest BCUT2D eigenvalue weighted by atomic mass is 10.2. The third-order valence-electron chi connectivity index (χ3n) is 1.61. The number of carbonyl (C=O) groups is 1. The van der Waals surface area contributed by atoms with E-state index in [1.165, 1.54) is 0 Å². The van der Waals surface area contributed by atoms with E-state index in [0.717, 1.165) is 7.11 Å². The van der Waals surface area contributed by atoms with Crippen molar-refractivity contribution in [2.45, 2.75) is 6.18 Å². The van der Waals surface area contributed by atoms with Crippen molar-refractivity contribution in [2.75, 3.05) is 7.11 Å². The molecule has 0 unspecified atom stereocenters. The Hall–Kier alpha value is -1.18. The summed E-state index contributed by atoms with van der Waals surface area (Å²) in [6.07, 6.45) is -4.76. The summed E-state index contributed by atoms with van der Waals surface area (Å²) in [5.41, 5.74) is -2.20. The third kappa shape index (κ3) is 2.49. The van der Waals surface area contributed by atoms with E-state index in [1.807, 2.05) is 0 Å². The van der Waals surface area contributed by atoms with E-state index in [4.69, 9.17) is 0 Å². The number of ether oxygens (including phenoxy) is 1. The Morgan fingerprint density at radius 3 is 2.50 bits per heavy atom. The molecule has 8 heteroatoms. The van der Waals surface area contributed by atoms with Crippen LogP contribution in [-0.2, 0) is 10.9 Å². The van der Waals surface area contributed by atoms with Crippen LogP contribution in [0.4, 0.5) is 17.6 Å². The SMILES string of the molecule is COC(=O)c1cc(C(F)(F)F)nc(Br)c1F. The minimum atomic E-state index is -4.76. The van der Waals surface area contributed by atoms with Crippen LogP contribution in [0.2, 0.25) is 0 Å². The highest BCUT2D eigenvalue weighted by Crippen LogP contribution is 2.31. The predicted octanol–water partition coefficient (Wildman–Crippen LogP) is 2.79. The van der Waals surface area contributed by atoms with Crippen LogP contribution in [0.15, 0.2) is 10.7 Å². The van der Waals surface area contributed by atoms with Gasteiger partial charge in [-0.05, 0) is 22.0 Å². The summed E-state index contributed by atoms with van der Waals surface area (Å²) in [4.78, 5) is 13.9. The van der Waals surface area contributed by atoms with Gasteiger partial charge in [-0.25, -0.2) is 14.2 Å². The van der Waals surface area contributed by atoms with Gasteiger partial charge in [-0.2, -0.15) is 13.2 Å². The molecule has 0 aliphatic carbocycles. The molecular weight excluding hydrogens is 298 g/mol. The van der Waals surface area contributed by atoms with Gasteiger partial charge in [-0.3, -0.25) is 0 Å². The largest absolute Gasteiger partial charge is 0.465 e. The van der Waals surface area contributed by atoms with Gasteiger partial charge in [-0.1, -0.05) is 0 Å². The summed E-state index contributed by atoms with van der Waals surface area (Å²) in [6.45, 7) is 0. The van der Waals surface area contributed by atoms with Crippen LogP contribution in [0, 0.1) is 5.82 Å². The van der Waals surface area contributed by atoms with Gasteiger partial charge in [-0.15, -0.1) is 0 Å². The molecule has 1 aromatic rings. The number of esters is 1. The fourth-order valence-electron chi connectivity index (χ4n) is 0.902. The van der Waals surface area contributed by atoms with E-state index >= 15 is 0 Å². The topological polar surface area (TPSA) is 39.2 Å². The van der Waals surface area contributed by atoms with Crippen molar-refractivity contribution >= 4 is 21.9 Å². The molecule has 16 heavy (non-hydrogen) atoms. The molecule has 0 atom stereocenters. The minimum absolute atomic E-state index is 0.298. The molecule has 0 saturated carbocycles. The number of pyridine rings is 1. The van der Waals surface area contributed by atoms with Crippen molar-refractivity contribution in [3.63, 3.8) is 0 Å². The van der Waals surface area contributed by atoms with Crippen molar-refractivity contribution in [1.82, 2.24) is 4.98 Å². The molecule has 0 saturated heterocycles. The number of rotatable bonds is 1. The standard InChI is InChI=1S/C8H4BrF4NO2/c1-16-7(15)3-2-4(8(11,12)13)14-6(9)5(3)10/h2H,1H3. The maximum atomic E-state index is 13.2. The van der Waals surface area contributed by atoms with Gasteiger partial charge in [0, 0.05) is 0 Å². The second-order valence-corrected chi connectivity index (χ2v) is 3.40. The summed E-state index contributed by atoms with van der Waals surface area (Å²) in [6, 6.07) is 0.298. The van der Waals surface area contributed by atoms with Crippen LogP contribution < -0.4 is 0 Å². The molecule has 3 nitrogen and oxygen atoms in total. The number of hydrogen-bond donors (Lipinski definition) is 0. The van der Waals surface area contributed by atoms with Crippen molar-refractivity contribution in [3.8, 4) is 0 Å². The van der Waals surface area contributed by atoms with Crippen LogP contribution >= 0.6 is 15.9 Å². The van der Waals surface area contributed by atoms with Gasteiger partial charge in [0.2, 0.25) is 0 Å². The molecule has 0 spiro atoms. The first-order chi connectivity index (χ1) is 7.27. The monoisotopic (exact) mass is 301 g/mol. The zero-order valence-corrected chi connectivity index (χ0v) is 9.32. The molecule has 1 heterocycles. The van der Waals surface area contributed by atoms with Crippen LogP contribution in [0.3, 0.4) is 0 Å². The van der Waals surface area contributed by atoms with Gasteiger partial charge in [0.15, 0.2) is 5.82 Å². The number of nitrogens with zero attached hydrogens (tertiary/aromatic N) is 1. The first-order valence-electron chi connectivity index (χ1n) is 3.79. The minimum Gasteiger partial charge on any atom is -0.465 e. The highest BCUT2D eigenvalue weighted by atomic mass is 79.9. The van der Waals surface area contributed by atoms with Gasteiger partial charge >= 0.3 is 12.1 Å². The van der Waals surface area contributed by atoms with Crippen LogP contribution in [0.1, 0.15) is 16.1 Å². The lowest BCUT2D eigenvalue weighted by Crippen LogP contribution is -2.13. The number of methoxy groups -OCH3 is 1. The molecule has 0 bridgehead atoms. The summed E-state index contributed by atoms with van der Waals surface area (Å²) >= 11 is 2.49. The summed E-state index contributed by atoms with van der Waals surface area (Å²) in [7, 11) is 0.934. The smallest absolute Gasteiger partial charge is 0.433 e. The molecule has 88 valence electrons. The zero-order chi connectivity index (χ0) is 12.5. The van der Waals surface area contributed by atoms with Crippen molar-refractivity contribution in [1.29, 1.82) is 0 Å². The molecule has 0 amide bonds. The normalized spacial score (nSPS) is 11.4. The summed E-state index contributed by atoms with van der Waals surface area (Å²) in [5, 5.41) is 0. The number of hydrogen-bond acceptors (Lipinski definition) is 3. The zero-order valence-electron chi connectivity index (χ0n) is 7.73. The number of alkyl halides is 3. The first-order valence-corrected chi connectivity index (χ1v) is 4.58. The maximum Gasteiger partial charge on any atom is 0.433 e. The lowest BCUT2D eigenvalue weighted by Gasteiger charge is -2.09.